The molecule has 1 nitrogen and oxygen atoms in total. The van der Waals surface area contributed by atoms with Gasteiger partial charge in [0.1, 0.15) is 0 Å². The van der Waals surface area contributed by atoms with Crippen LogP contribution in [0.15, 0.2) is 0 Å². The fourth-order valence-electron chi connectivity index (χ4n) is 0.944. The van der Waals surface area contributed by atoms with Gasteiger partial charge in [-0.25, -0.2) is 0 Å². The average molecular weight is 264 g/mol. The van der Waals surface area contributed by atoms with Crippen LogP contribution < -0.4 is 0 Å². The number of ether oxygens (including phenoxy) is 1. The zero-order valence-corrected chi connectivity index (χ0v) is 7.52. The van der Waals surface area contributed by atoms with Gasteiger partial charge in [0.05, 0.1) is 0 Å². The SMILES string of the molecule is CCOC(C(F)(F)F)(C(F)(F)F)C(F)(F)F. The molecule has 0 aromatic heterocycles. The van der Waals surface area contributed by atoms with Crippen molar-refractivity contribution in [2.75, 3.05) is 6.61 Å². The highest BCUT2D eigenvalue weighted by molar-refractivity contribution is 5.02. The molecule has 0 aromatic carbocycles. The minimum absolute atomic E-state index is 0.595. The van der Waals surface area contributed by atoms with Gasteiger partial charge in [-0.3, -0.25) is 0 Å². The van der Waals surface area contributed by atoms with Crippen LogP contribution in [0.1, 0.15) is 6.92 Å². The zero-order chi connectivity index (χ0) is 13.4. The van der Waals surface area contributed by atoms with Crippen LogP contribution >= 0.6 is 0 Å². The van der Waals surface area contributed by atoms with Crippen molar-refractivity contribution in [3.05, 3.63) is 0 Å². The summed E-state index contributed by atoms with van der Waals surface area (Å²) in [6, 6.07) is 0. The van der Waals surface area contributed by atoms with E-state index in [2.05, 4.69) is 4.74 Å². The molecule has 0 amide bonds. The highest BCUT2D eigenvalue weighted by atomic mass is 19.4. The molecule has 0 atom stereocenters. The maximum atomic E-state index is 12.0. The predicted octanol–water partition coefficient (Wildman–Crippen LogP) is 3.45. The lowest BCUT2D eigenvalue weighted by Gasteiger charge is -2.37. The number of halogens is 9. The van der Waals surface area contributed by atoms with Gasteiger partial charge in [0, 0.05) is 6.61 Å². The Balaban J connectivity index is 5.82. The molecular weight excluding hydrogens is 259 g/mol. The summed E-state index contributed by atoms with van der Waals surface area (Å²) in [7, 11) is 0. The second-order valence-corrected chi connectivity index (χ2v) is 2.61. The molecule has 16 heavy (non-hydrogen) atoms. The molecule has 0 fully saturated rings. The molecule has 0 unspecified atom stereocenters. The third kappa shape index (κ3) is 2.20. The summed E-state index contributed by atoms with van der Waals surface area (Å²) in [5, 5.41) is 0. The van der Waals surface area contributed by atoms with Crippen LogP contribution in [-0.4, -0.2) is 30.7 Å². The summed E-state index contributed by atoms with van der Waals surface area (Å²) in [5.41, 5.74) is -6.14. The fourth-order valence-corrected chi connectivity index (χ4v) is 0.944. The molecule has 0 saturated carbocycles. The Morgan fingerprint density at radius 1 is 0.688 bits per heavy atom. The lowest BCUT2D eigenvalue weighted by Crippen LogP contribution is -2.67. The second kappa shape index (κ2) is 3.97. The van der Waals surface area contributed by atoms with Gasteiger partial charge in [-0.15, -0.1) is 0 Å². The van der Waals surface area contributed by atoms with Gasteiger partial charge in [0.2, 0.25) is 0 Å². The van der Waals surface area contributed by atoms with E-state index in [-0.39, 0.29) is 0 Å². The molecule has 98 valence electrons. The minimum Gasteiger partial charge on any atom is -0.351 e. The number of alkyl halides is 9. The number of hydrogen-bond acceptors (Lipinski definition) is 1. The second-order valence-electron chi connectivity index (χ2n) is 2.61. The van der Waals surface area contributed by atoms with Crippen LogP contribution in [0.4, 0.5) is 39.5 Å². The molecule has 0 N–H and O–H groups in total. The summed E-state index contributed by atoms with van der Waals surface area (Å²) in [4.78, 5) is 0. The van der Waals surface area contributed by atoms with Crippen molar-refractivity contribution in [3.63, 3.8) is 0 Å². The topological polar surface area (TPSA) is 9.23 Å². The average Bonchev–Trinajstić information content (AvgIpc) is 1.91. The zero-order valence-electron chi connectivity index (χ0n) is 7.52. The molecule has 0 aliphatic heterocycles. The summed E-state index contributed by atoms with van der Waals surface area (Å²) in [5.74, 6) is 0. The number of rotatable bonds is 2. The maximum absolute atomic E-state index is 12.0. The molecular formula is C6H5F9O. The Labute approximate surface area is 83.2 Å². The van der Waals surface area contributed by atoms with Crippen molar-refractivity contribution < 1.29 is 44.3 Å². The fraction of sp³-hybridized carbons (Fsp3) is 1.00. The third-order valence-electron chi connectivity index (χ3n) is 1.56. The predicted molar refractivity (Wildman–Crippen MR) is 32.5 cm³/mol. The van der Waals surface area contributed by atoms with Crippen LogP contribution in [-0.2, 0) is 4.74 Å². The van der Waals surface area contributed by atoms with Crippen molar-refractivity contribution in [3.8, 4) is 0 Å². The van der Waals surface area contributed by atoms with Gasteiger partial charge in [-0.05, 0) is 6.92 Å². The first kappa shape index (κ1) is 15.3. The van der Waals surface area contributed by atoms with E-state index in [9.17, 15) is 39.5 Å². The van der Waals surface area contributed by atoms with Gasteiger partial charge in [-0.1, -0.05) is 0 Å². The molecule has 0 spiro atoms. The largest absolute Gasteiger partial charge is 0.435 e. The highest BCUT2D eigenvalue weighted by Crippen LogP contribution is 2.54. The quantitative estimate of drug-likeness (QED) is 0.694. The Morgan fingerprint density at radius 3 is 1.00 bits per heavy atom. The molecule has 0 aliphatic carbocycles. The Morgan fingerprint density at radius 2 is 0.938 bits per heavy atom. The summed E-state index contributed by atoms with van der Waals surface area (Å²) < 4.78 is 111. The standard InChI is InChI=1S/C6H5F9O/c1-2-16-3(4(7,8)9,5(10,11)12)6(13,14)15/h2H2,1H3. The molecule has 0 aromatic rings. The van der Waals surface area contributed by atoms with Crippen molar-refractivity contribution in [2.45, 2.75) is 31.1 Å². The first-order chi connectivity index (χ1) is 6.81. The van der Waals surface area contributed by atoms with Gasteiger partial charge in [-0.2, -0.15) is 39.5 Å². The van der Waals surface area contributed by atoms with Crippen LogP contribution in [0, 0.1) is 0 Å². The molecule has 10 heteroatoms. The highest BCUT2D eigenvalue weighted by Gasteiger charge is 2.85. The van der Waals surface area contributed by atoms with E-state index >= 15 is 0 Å². The Kier molecular flexibility index (Phi) is 3.80. The summed E-state index contributed by atoms with van der Waals surface area (Å²) in [6.07, 6.45) is -19.9. The van der Waals surface area contributed by atoms with Gasteiger partial charge < -0.3 is 4.74 Å². The Bertz CT molecular complexity index is 198. The first-order valence-corrected chi connectivity index (χ1v) is 3.65. The van der Waals surface area contributed by atoms with Crippen LogP contribution in [0.25, 0.3) is 0 Å². The van der Waals surface area contributed by atoms with Crippen LogP contribution in [0.5, 0.6) is 0 Å². The van der Waals surface area contributed by atoms with E-state index in [1.165, 1.54) is 0 Å². The minimum atomic E-state index is -6.64. The van der Waals surface area contributed by atoms with Crippen molar-refractivity contribution in [1.29, 1.82) is 0 Å². The molecule has 0 rings (SSSR count). The molecule has 0 heterocycles. The van der Waals surface area contributed by atoms with E-state index < -0.39 is 30.7 Å². The van der Waals surface area contributed by atoms with E-state index in [1.807, 2.05) is 0 Å². The van der Waals surface area contributed by atoms with Gasteiger partial charge in [0.25, 0.3) is 0 Å². The van der Waals surface area contributed by atoms with Crippen LogP contribution in [0.3, 0.4) is 0 Å². The van der Waals surface area contributed by atoms with E-state index in [1.54, 1.807) is 0 Å². The normalized spacial score (nSPS) is 15.4. The number of hydrogen-bond donors (Lipinski definition) is 0. The van der Waals surface area contributed by atoms with Crippen molar-refractivity contribution in [2.24, 2.45) is 0 Å². The van der Waals surface area contributed by atoms with Gasteiger partial charge in [0.15, 0.2) is 0 Å². The third-order valence-corrected chi connectivity index (χ3v) is 1.56. The van der Waals surface area contributed by atoms with E-state index in [0.717, 1.165) is 0 Å². The van der Waals surface area contributed by atoms with E-state index in [0.29, 0.717) is 6.92 Å². The Hall–Kier alpha value is -0.670. The summed E-state index contributed by atoms with van der Waals surface area (Å²) >= 11 is 0. The lowest BCUT2D eigenvalue weighted by atomic mass is 10.0. The van der Waals surface area contributed by atoms with Gasteiger partial charge >= 0.3 is 24.1 Å². The first-order valence-electron chi connectivity index (χ1n) is 3.65. The molecule has 0 aliphatic rings. The smallest absolute Gasteiger partial charge is 0.351 e. The molecule has 0 radical (unpaired) electrons. The molecule has 0 saturated heterocycles. The summed E-state index contributed by atoms with van der Waals surface area (Å²) in [6.45, 7) is -0.795. The lowest BCUT2D eigenvalue weighted by molar-refractivity contribution is -0.456. The van der Waals surface area contributed by atoms with Crippen LogP contribution in [0.2, 0.25) is 0 Å². The monoisotopic (exact) mass is 264 g/mol. The van der Waals surface area contributed by atoms with Crippen molar-refractivity contribution in [1.82, 2.24) is 0 Å². The van der Waals surface area contributed by atoms with Crippen molar-refractivity contribution >= 4 is 0 Å². The van der Waals surface area contributed by atoms with E-state index in [4.69, 9.17) is 0 Å². The molecule has 0 bridgehead atoms. The maximum Gasteiger partial charge on any atom is 0.435 e.